The zero-order valence-electron chi connectivity index (χ0n) is 9.49. The molecule has 6 nitrogen and oxygen atoms in total. The summed E-state index contributed by atoms with van der Waals surface area (Å²) in [4.78, 5) is 13.2. The highest BCUT2D eigenvalue weighted by atomic mass is 16.4. The lowest BCUT2D eigenvalue weighted by atomic mass is 10.2. The Morgan fingerprint density at radius 1 is 1.69 bits per heavy atom. The van der Waals surface area contributed by atoms with Crippen LogP contribution in [0.3, 0.4) is 0 Å². The maximum Gasteiger partial charge on any atom is 0.301 e. The first-order chi connectivity index (χ1) is 7.58. The minimum atomic E-state index is -0.437. The standard InChI is InChI=1S/C10H17N3O3/c1-7-5-8(6-13(2)3-4-14)16-9(7)10(15)12-11/h5,14H,3-4,6,11H2,1-2H3,(H,12,15). The third kappa shape index (κ3) is 3.06. The summed E-state index contributed by atoms with van der Waals surface area (Å²) in [6.45, 7) is 2.97. The van der Waals surface area contributed by atoms with Gasteiger partial charge in [-0.3, -0.25) is 15.1 Å². The molecule has 1 aromatic rings. The lowest BCUT2D eigenvalue weighted by Crippen LogP contribution is -2.30. The molecule has 16 heavy (non-hydrogen) atoms. The molecule has 1 heterocycles. The molecule has 6 heteroatoms. The van der Waals surface area contributed by atoms with Crippen molar-refractivity contribution in [1.29, 1.82) is 0 Å². The maximum atomic E-state index is 11.3. The molecule has 90 valence electrons. The molecule has 1 rings (SSSR count). The number of rotatable bonds is 5. The molecule has 1 aromatic heterocycles. The Bertz CT molecular complexity index is 362. The molecule has 0 aliphatic carbocycles. The number of hydrogen-bond donors (Lipinski definition) is 3. The quantitative estimate of drug-likeness (QED) is 0.362. The number of nitrogen functional groups attached to an aromatic ring is 1. The molecule has 0 aliphatic heterocycles. The van der Waals surface area contributed by atoms with Crippen molar-refractivity contribution in [2.75, 3.05) is 20.2 Å². The molecule has 0 bridgehead atoms. The van der Waals surface area contributed by atoms with E-state index in [0.29, 0.717) is 18.8 Å². The van der Waals surface area contributed by atoms with E-state index in [2.05, 4.69) is 0 Å². The van der Waals surface area contributed by atoms with E-state index in [9.17, 15) is 4.79 Å². The van der Waals surface area contributed by atoms with Crippen molar-refractivity contribution < 1.29 is 14.3 Å². The Hall–Kier alpha value is -1.37. The third-order valence-electron chi connectivity index (χ3n) is 2.21. The second kappa shape index (κ2) is 5.64. The Morgan fingerprint density at radius 2 is 2.38 bits per heavy atom. The molecule has 0 aromatic carbocycles. The van der Waals surface area contributed by atoms with Crippen molar-refractivity contribution in [3.8, 4) is 0 Å². The monoisotopic (exact) mass is 227 g/mol. The fourth-order valence-electron chi connectivity index (χ4n) is 1.43. The van der Waals surface area contributed by atoms with Gasteiger partial charge in [-0.05, 0) is 20.0 Å². The highest BCUT2D eigenvalue weighted by Crippen LogP contribution is 2.15. The van der Waals surface area contributed by atoms with Gasteiger partial charge in [0.25, 0.3) is 0 Å². The van der Waals surface area contributed by atoms with Gasteiger partial charge in [0.15, 0.2) is 5.76 Å². The van der Waals surface area contributed by atoms with Crippen molar-refractivity contribution in [2.45, 2.75) is 13.5 Å². The number of aliphatic hydroxyl groups is 1. The van der Waals surface area contributed by atoms with Crippen molar-refractivity contribution in [1.82, 2.24) is 10.3 Å². The molecule has 0 saturated heterocycles. The van der Waals surface area contributed by atoms with Crippen LogP contribution in [0.1, 0.15) is 21.9 Å². The average Bonchev–Trinajstić information content (AvgIpc) is 2.58. The predicted octanol–water partition coefficient (Wildman–Crippen LogP) is -0.384. The van der Waals surface area contributed by atoms with Gasteiger partial charge < -0.3 is 9.52 Å². The van der Waals surface area contributed by atoms with Gasteiger partial charge in [-0.2, -0.15) is 0 Å². The summed E-state index contributed by atoms with van der Waals surface area (Å²) >= 11 is 0. The SMILES string of the molecule is Cc1cc(CN(C)CCO)oc1C(=O)NN. The van der Waals surface area contributed by atoms with E-state index in [1.54, 1.807) is 13.0 Å². The van der Waals surface area contributed by atoms with Crippen LogP contribution in [0.4, 0.5) is 0 Å². The fourth-order valence-corrected chi connectivity index (χ4v) is 1.43. The average molecular weight is 227 g/mol. The number of furan rings is 1. The summed E-state index contributed by atoms with van der Waals surface area (Å²) in [5, 5.41) is 8.75. The number of nitrogens with one attached hydrogen (secondary N) is 1. The molecule has 0 fully saturated rings. The van der Waals surface area contributed by atoms with Crippen molar-refractivity contribution >= 4 is 5.91 Å². The first-order valence-electron chi connectivity index (χ1n) is 4.98. The molecule has 0 unspecified atom stereocenters. The maximum absolute atomic E-state index is 11.3. The van der Waals surface area contributed by atoms with Gasteiger partial charge >= 0.3 is 5.91 Å². The van der Waals surface area contributed by atoms with E-state index in [0.717, 1.165) is 5.56 Å². The molecule has 4 N–H and O–H groups in total. The van der Waals surface area contributed by atoms with Gasteiger partial charge in [0.05, 0.1) is 13.2 Å². The van der Waals surface area contributed by atoms with Crippen LogP contribution in [0.25, 0.3) is 0 Å². The van der Waals surface area contributed by atoms with Crippen LogP contribution in [0.2, 0.25) is 0 Å². The van der Waals surface area contributed by atoms with Gasteiger partial charge in [-0.15, -0.1) is 0 Å². The Kier molecular flexibility index (Phi) is 4.48. The lowest BCUT2D eigenvalue weighted by molar-refractivity contribution is 0.0921. The minimum absolute atomic E-state index is 0.0896. The number of carbonyl (C=O) groups is 1. The summed E-state index contributed by atoms with van der Waals surface area (Å²) in [5.74, 6) is 5.50. The van der Waals surface area contributed by atoms with Crippen LogP contribution in [0, 0.1) is 6.92 Å². The second-order valence-electron chi connectivity index (χ2n) is 3.66. The number of hydrogen-bond acceptors (Lipinski definition) is 5. The molecule has 1 amide bonds. The van der Waals surface area contributed by atoms with Gasteiger partial charge in [0.2, 0.25) is 0 Å². The predicted molar refractivity (Wildman–Crippen MR) is 58.5 cm³/mol. The molecular weight excluding hydrogens is 210 g/mol. The molecule has 0 saturated carbocycles. The topological polar surface area (TPSA) is 91.7 Å². The summed E-state index contributed by atoms with van der Waals surface area (Å²) in [6, 6.07) is 1.79. The third-order valence-corrected chi connectivity index (χ3v) is 2.21. The van der Waals surface area contributed by atoms with E-state index in [1.807, 2.05) is 17.4 Å². The van der Waals surface area contributed by atoms with Gasteiger partial charge in [-0.25, -0.2) is 5.84 Å². The number of amides is 1. The van der Waals surface area contributed by atoms with E-state index in [-0.39, 0.29) is 12.4 Å². The molecule has 0 atom stereocenters. The van der Waals surface area contributed by atoms with Crippen LogP contribution in [-0.2, 0) is 6.54 Å². The van der Waals surface area contributed by atoms with Gasteiger partial charge in [-0.1, -0.05) is 0 Å². The Labute approximate surface area is 94.0 Å². The smallest absolute Gasteiger partial charge is 0.301 e. The number of carbonyl (C=O) groups excluding carboxylic acids is 1. The van der Waals surface area contributed by atoms with Crippen molar-refractivity contribution in [3.05, 3.63) is 23.2 Å². The van der Waals surface area contributed by atoms with Crippen molar-refractivity contribution in [3.63, 3.8) is 0 Å². The lowest BCUT2D eigenvalue weighted by Gasteiger charge is -2.12. The van der Waals surface area contributed by atoms with E-state index < -0.39 is 5.91 Å². The molecule has 0 radical (unpaired) electrons. The Balaban J connectivity index is 2.73. The normalized spacial score (nSPS) is 10.8. The number of nitrogens with two attached hydrogens (primary N) is 1. The summed E-state index contributed by atoms with van der Waals surface area (Å²) in [7, 11) is 1.86. The zero-order chi connectivity index (χ0) is 12.1. The van der Waals surface area contributed by atoms with Crippen LogP contribution in [-0.4, -0.2) is 36.1 Å². The van der Waals surface area contributed by atoms with Crippen molar-refractivity contribution in [2.24, 2.45) is 5.84 Å². The van der Waals surface area contributed by atoms with Crippen LogP contribution >= 0.6 is 0 Å². The van der Waals surface area contributed by atoms with E-state index >= 15 is 0 Å². The first-order valence-corrected chi connectivity index (χ1v) is 4.98. The van der Waals surface area contributed by atoms with E-state index in [4.69, 9.17) is 15.4 Å². The van der Waals surface area contributed by atoms with Gasteiger partial charge in [0.1, 0.15) is 5.76 Å². The van der Waals surface area contributed by atoms with Gasteiger partial charge in [0, 0.05) is 12.1 Å². The number of aliphatic hydroxyl groups excluding tert-OH is 1. The first kappa shape index (κ1) is 12.7. The Morgan fingerprint density at radius 3 is 2.94 bits per heavy atom. The fraction of sp³-hybridized carbons (Fsp3) is 0.500. The number of nitrogens with zero attached hydrogens (tertiary/aromatic N) is 1. The van der Waals surface area contributed by atoms with Crippen LogP contribution in [0.5, 0.6) is 0 Å². The molecular formula is C10H17N3O3. The highest BCUT2D eigenvalue weighted by Gasteiger charge is 2.15. The minimum Gasteiger partial charge on any atom is -0.454 e. The number of hydrazine groups is 1. The van der Waals surface area contributed by atoms with E-state index in [1.165, 1.54) is 0 Å². The van der Waals surface area contributed by atoms with Crippen LogP contribution in [0.15, 0.2) is 10.5 Å². The molecule has 0 spiro atoms. The molecule has 0 aliphatic rings. The zero-order valence-corrected chi connectivity index (χ0v) is 9.49. The largest absolute Gasteiger partial charge is 0.454 e. The second-order valence-corrected chi connectivity index (χ2v) is 3.66. The highest BCUT2D eigenvalue weighted by molar-refractivity contribution is 5.92. The number of aryl methyl sites for hydroxylation is 1. The number of likely N-dealkylation sites (N-methyl/N-ethyl adjacent to an activating group) is 1. The summed E-state index contributed by atoms with van der Waals surface area (Å²) in [6.07, 6.45) is 0. The summed E-state index contributed by atoms with van der Waals surface area (Å²) < 4.78 is 5.37. The van der Waals surface area contributed by atoms with Crippen LogP contribution < -0.4 is 11.3 Å². The summed E-state index contributed by atoms with van der Waals surface area (Å²) in [5.41, 5.74) is 2.77.